The number of ether oxygens (including phenoxy) is 1. The van der Waals surface area contributed by atoms with Crippen LogP contribution in [-0.4, -0.2) is 27.7 Å². The van der Waals surface area contributed by atoms with Crippen LogP contribution in [0.4, 0.5) is 0 Å². The quantitative estimate of drug-likeness (QED) is 0.857. The van der Waals surface area contributed by atoms with Gasteiger partial charge in [-0.05, 0) is 38.1 Å². The highest BCUT2D eigenvalue weighted by Crippen LogP contribution is 2.13. The summed E-state index contributed by atoms with van der Waals surface area (Å²) < 4.78 is 5.33. The third-order valence-corrected chi connectivity index (χ3v) is 2.62. The van der Waals surface area contributed by atoms with Crippen molar-refractivity contribution < 1.29 is 9.53 Å². The molecule has 100 valence electrons. The first-order chi connectivity index (χ1) is 9.20. The lowest BCUT2D eigenvalue weighted by Crippen LogP contribution is -2.27. The first kappa shape index (κ1) is 13.1. The van der Waals surface area contributed by atoms with Crippen LogP contribution in [0.25, 0.3) is 0 Å². The van der Waals surface area contributed by atoms with Gasteiger partial charge in [-0.3, -0.25) is 9.89 Å². The number of nitrogens with zero attached hydrogens (tertiary/aromatic N) is 2. The fourth-order valence-corrected chi connectivity index (χ4v) is 1.64. The van der Waals surface area contributed by atoms with Crippen LogP contribution in [0.1, 0.15) is 36.1 Å². The van der Waals surface area contributed by atoms with Crippen molar-refractivity contribution in [1.29, 1.82) is 0 Å². The molecule has 0 radical (unpaired) electrons. The highest BCUT2D eigenvalue weighted by Gasteiger charge is 2.13. The summed E-state index contributed by atoms with van der Waals surface area (Å²) in [6, 6.07) is 6.79. The molecular weight excluding hydrogens is 244 g/mol. The molecule has 0 spiro atoms. The Labute approximate surface area is 111 Å². The summed E-state index contributed by atoms with van der Waals surface area (Å²) in [7, 11) is 0. The summed E-state index contributed by atoms with van der Waals surface area (Å²) in [6.45, 7) is 4.36. The molecule has 0 fully saturated rings. The largest absolute Gasteiger partial charge is 0.494 e. The van der Waals surface area contributed by atoms with Gasteiger partial charge >= 0.3 is 0 Å². The minimum Gasteiger partial charge on any atom is -0.494 e. The lowest BCUT2D eigenvalue weighted by atomic mass is 10.2. The molecule has 1 unspecified atom stereocenters. The number of nitrogens with one attached hydrogen (secondary N) is 2. The number of hydrogen-bond acceptors (Lipinski definition) is 4. The van der Waals surface area contributed by atoms with Crippen LogP contribution >= 0.6 is 0 Å². The molecule has 0 aliphatic rings. The Hall–Kier alpha value is -2.37. The molecule has 2 aromatic rings. The van der Waals surface area contributed by atoms with Crippen LogP contribution in [0.2, 0.25) is 0 Å². The van der Waals surface area contributed by atoms with Gasteiger partial charge in [-0.1, -0.05) is 0 Å². The van der Waals surface area contributed by atoms with Crippen molar-refractivity contribution in [3.05, 3.63) is 42.0 Å². The predicted molar refractivity (Wildman–Crippen MR) is 69.9 cm³/mol. The topological polar surface area (TPSA) is 79.9 Å². The van der Waals surface area contributed by atoms with E-state index in [9.17, 15) is 4.79 Å². The van der Waals surface area contributed by atoms with Gasteiger partial charge in [0.15, 0.2) is 0 Å². The number of aromatic nitrogens is 3. The lowest BCUT2D eigenvalue weighted by Gasteiger charge is -2.11. The number of amides is 1. The van der Waals surface area contributed by atoms with E-state index in [1.54, 1.807) is 24.3 Å². The zero-order valence-electron chi connectivity index (χ0n) is 10.9. The second kappa shape index (κ2) is 5.99. The van der Waals surface area contributed by atoms with Crippen molar-refractivity contribution in [1.82, 2.24) is 20.5 Å². The summed E-state index contributed by atoms with van der Waals surface area (Å²) >= 11 is 0. The van der Waals surface area contributed by atoms with E-state index in [1.165, 1.54) is 6.33 Å². The van der Waals surface area contributed by atoms with Crippen molar-refractivity contribution in [2.24, 2.45) is 0 Å². The molecule has 1 heterocycles. The van der Waals surface area contributed by atoms with Crippen molar-refractivity contribution in [3.63, 3.8) is 0 Å². The molecule has 1 aromatic carbocycles. The van der Waals surface area contributed by atoms with E-state index < -0.39 is 0 Å². The minimum absolute atomic E-state index is 0.160. The molecule has 1 atom stereocenters. The molecule has 6 heteroatoms. The lowest BCUT2D eigenvalue weighted by molar-refractivity contribution is 0.0938. The highest BCUT2D eigenvalue weighted by atomic mass is 16.5. The monoisotopic (exact) mass is 260 g/mol. The fraction of sp³-hybridized carbons (Fsp3) is 0.308. The molecule has 2 N–H and O–H groups in total. The average molecular weight is 260 g/mol. The van der Waals surface area contributed by atoms with Gasteiger partial charge in [0.25, 0.3) is 5.91 Å². The number of carbonyl (C=O) groups excluding carboxylic acids is 1. The molecule has 0 saturated heterocycles. The maximum absolute atomic E-state index is 12.0. The second-order valence-electron chi connectivity index (χ2n) is 4.02. The van der Waals surface area contributed by atoms with Crippen LogP contribution in [0.5, 0.6) is 5.75 Å². The van der Waals surface area contributed by atoms with Crippen LogP contribution in [0.3, 0.4) is 0 Å². The van der Waals surface area contributed by atoms with Gasteiger partial charge in [-0.2, -0.15) is 5.10 Å². The van der Waals surface area contributed by atoms with Crippen LogP contribution < -0.4 is 10.1 Å². The number of H-pyrrole nitrogens is 1. The number of carbonyl (C=O) groups is 1. The van der Waals surface area contributed by atoms with Crippen LogP contribution in [0, 0.1) is 0 Å². The first-order valence-electron chi connectivity index (χ1n) is 6.09. The molecule has 0 aliphatic carbocycles. The van der Waals surface area contributed by atoms with Crippen molar-refractivity contribution in [3.8, 4) is 5.75 Å². The average Bonchev–Trinajstić information content (AvgIpc) is 2.94. The Kier molecular flexibility index (Phi) is 4.12. The van der Waals surface area contributed by atoms with Gasteiger partial charge in [-0.15, -0.1) is 0 Å². The Morgan fingerprint density at radius 2 is 2.16 bits per heavy atom. The summed E-state index contributed by atoms with van der Waals surface area (Å²) in [5, 5.41) is 9.31. The van der Waals surface area contributed by atoms with Gasteiger partial charge in [-0.25, -0.2) is 4.98 Å². The van der Waals surface area contributed by atoms with Gasteiger partial charge < -0.3 is 10.1 Å². The molecule has 6 nitrogen and oxygen atoms in total. The summed E-state index contributed by atoms with van der Waals surface area (Å²) in [5.74, 6) is 1.22. The van der Waals surface area contributed by atoms with E-state index in [4.69, 9.17) is 4.74 Å². The molecule has 1 aromatic heterocycles. The second-order valence-corrected chi connectivity index (χ2v) is 4.02. The molecule has 0 saturated carbocycles. The van der Waals surface area contributed by atoms with E-state index >= 15 is 0 Å². The third kappa shape index (κ3) is 3.31. The standard InChI is InChI=1S/C13H16N4O2/c1-3-19-11-6-4-10(5-7-11)13(18)16-9(2)12-14-8-15-17-12/h4-9H,3H2,1-2H3,(H,16,18)(H,14,15,17). The zero-order valence-corrected chi connectivity index (χ0v) is 10.9. The minimum atomic E-state index is -0.221. The van der Waals surface area contributed by atoms with E-state index in [2.05, 4.69) is 20.5 Å². The predicted octanol–water partition coefficient (Wildman–Crippen LogP) is 1.69. The van der Waals surface area contributed by atoms with Crippen LogP contribution in [0.15, 0.2) is 30.6 Å². The number of rotatable bonds is 5. The highest BCUT2D eigenvalue weighted by molar-refractivity contribution is 5.94. The molecule has 1 amide bonds. The number of benzene rings is 1. The van der Waals surface area contributed by atoms with Crippen molar-refractivity contribution in [2.75, 3.05) is 6.61 Å². The zero-order chi connectivity index (χ0) is 13.7. The molecule has 0 bridgehead atoms. The SMILES string of the molecule is CCOc1ccc(C(=O)NC(C)c2ncn[nH]2)cc1. The number of aromatic amines is 1. The van der Waals surface area contributed by atoms with E-state index in [0.29, 0.717) is 18.0 Å². The fourth-order valence-electron chi connectivity index (χ4n) is 1.64. The van der Waals surface area contributed by atoms with E-state index in [1.807, 2.05) is 13.8 Å². The van der Waals surface area contributed by atoms with Gasteiger partial charge in [0, 0.05) is 5.56 Å². The Bertz CT molecular complexity index is 522. The maximum Gasteiger partial charge on any atom is 0.251 e. The summed E-state index contributed by atoms with van der Waals surface area (Å²) in [4.78, 5) is 16.0. The Morgan fingerprint density at radius 3 is 2.74 bits per heavy atom. The van der Waals surface area contributed by atoms with Gasteiger partial charge in [0.1, 0.15) is 17.9 Å². The normalized spacial score (nSPS) is 11.9. The third-order valence-electron chi connectivity index (χ3n) is 2.62. The van der Waals surface area contributed by atoms with Crippen LogP contribution in [-0.2, 0) is 0 Å². The smallest absolute Gasteiger partial charge is 0.251 e. The molecule has 0 aliphatic heterocycles. The molecule has 19 heavy (non-hydrogen) atoms. The van der Waals surface area contributed by atoms with Crippen molar-refractivity contribution >= 4 is 5.91 Å². The maximum atomic E-state index is 12.0. The van der Waals surface area contributed by atoms with E-state index in [0.717, 1.165) is 5.75 Å². The van der Waals surface area contributed by atoms with Crippen molar-refractivity contribution in [2.45, 2.75) is 19.9 Å². The first-order valence-corrected chi connectivity index (χ1v) is 6.09. The summed E-state index contributed by atoms with van der Waals surface area (Å²) in [5.41, 5.74) is 0.579. The molecular formula is C13H16N4O2. The van der Waals surface area contributed by atoms with Gasteiger partial charge in [0.05, 0.1) is 12.6 Å². The number of hydrogen-bond donors (Lipinski definition) is 2. The van der Waals surface area contributed by atoms with E-state index in [-0.39, 0.29) is 11.9 Å². The Balaban J connectivity index is 1.99. The molecule has 2 rings (SSSR count). The summed E-state index contributed by atoms with van der Waals surface area (Å²) in [6.07, 6.45) is 1.41. The van der Waals surface area contributed by atoms with Gasteiger partial charge in [0.2, 0.25) is 0 Å². The Morgan fingerprint density at radius 1 is 1.42 bits per heavy atom.